The van der Waals surface area contributed by atoms with E-state index in [-0.39, 0.29) is 0 Å². The zero-order valence-corrected chi connectivity index (χ0v) is 13.5. The Balaban J connectivity index is 2.99. The van der Waals surface area contributed by atoms with Crippen molar-refractivity contribution in [2.75, 3.05) is 25.2 Å². The minimum Gasteiger partial charge on any atom is -0.388 e. The first-order valence-corrected chi connectivity index (χ1v) is 7.77. The van der Waals surface area contributed by atoms with Gasteiger partial charge >= 0.3 is 0 Å². The Morgan fingerprint density at radius 2 is 2.00 bits per heavy atom. The number of hydrogen-bond donors (Lipinski definition) is 1. The van der Waals surface area contributed by atoms with Crippen LogP contribution in [0.3, 0.4) is 0 Å². The minimum absolute atomic E-state index is 0.447. The summed E-state index contributed by atoms with van der Waals surface area (Å²) in [4.78, 5) is 7.90. The van der Waals surface area contributed by atoms with E-state index in [1.54, 1.807) is 25.4 Å². The molecule has 0 saturated heterocycles. The van der Waals surface area contributed by atoms with Gasteiger partial charge in [0.25, 0.3) is 0 Å². The molecule has 4 nitrogen and oxygen atoms in total. The van der Waals surface area contributed by atoms with Crippen molar-refractivity contribution in [2.24, 2.45) is 0 Å². The molecule has 0 aliphatic carbocycles. The highest BCUT2D eigenvalue weighted by Gasteiger charge is 2.21. The summed E-state index contributed by atoms with van der Waals surface area (Å²) in [6.07, 6.45) is 1.73. The number of rotatable bonds is 8. The maximum absolute atomic E-state index is 9.76. The number of anilines is 1. The maximum atomic E-state index is 9.76. The van der Waals surface area contributed by atoms with Crippen molar-refractivity contribution in [1.82, 2.24) is 4.98 Å². The van der Waals surface area contributed by atoms with Gasteiger partial charge in [-0.05, 0) is 26.7 Å². The summed E-state index contributed by atoms with van der Waals surface area (Å²) in [7, 11) is 1.72. The fourth-order valence-corrected chi connectivity index (χ4v) is 3.36. The highest BCUT2D eigenvalue weighted by Crippen LogP contribution is 2.32. The van der Waals surface area contributed by atoms with Gasteiger partial charge < -0.3 is 14.7 Å². The van der Waals surface area contributed by atoms with Crippen LogP contribution in [0.15, 0.2) is 0 Å². The number of aliphatic hydroxyl groups is 1. The third-order valence-electron chi connectivity index (χ3n) is 3.37. The van der Waals surface area contributed by atoms with Crippen molar-refractivity contribution in [3.05, 3.63) is 10.6 Å². The van der Waals surface area contributed by atoms with Crippen molar-refractivity contribution in [3.63, 3.8) is 0 Å². The Kier molecular flexibility index (Phi) is 6.75. The zero-order valence-electron chi connectivity index (χ0n) is 12.6. The zero-order chi connectivity index (χ0) is 14.4. The lowest BCUT2D eigenvalue weighted by Gasteiger charge is -2.30. The Morgan fingerprint density at radius 3 is 2.42 bits per heavy atom. The number of methoxy groups -OCH3 is 1. The van der Waals surface area contributed by atoms with Crippen molar-refractivity contribution < 1.29 is 9.84 Å². The van der Waals surface area contributed by atoms with Crippen molar-refractivity contribution >= 4 is 16.5 Å². The van der Waals surface area contributed by atoms with E-state index >= 15 is 0 Å². The molecule has 0 spiro atoms. The van der Waals surface area contributed by atoms with Gasteiger partial charge in [-0.2, -0.15) is 0 Å². The van der Waals surface area contributed by atoms with E-state index in [1.807, 2.05) is 6.92 Å². The lowest BCUT2D eigenvalue weighted by Crippen LogP contribution is -2.37. The minimum atomic E-state index is -0.447. The largest absolute Gasteiger partial charge is 0.388 e. The molecule has 1 aromatic rings. The van der Waals surface area contributed by atoms with Crippen LogP contribution in [-0.4, -0.2) is 36.4 Å². The quantitative estimate of drug-likeness (QED) is 0.797. The second-order valence-electron chi connectivity index (χ2n) is 4.78. The van der Waals surface area contributed by atoms with Gasteiger partial charge in [0, 0.05) is 19.7 Å². The third kappa shape index (κ3) is 4.16. The summed E-state index contributed by atoms with van der Waals surface area (Å²) in [5.74, 6) is 0. The number of hydrogen-bond acceptors (Lipinski definition) is 5. The summed E-state index contributed by atoms with van der Waals surface area (Å²) in [5.41, 5.74) is 0.934. The smallest absolute Gasteiger partial charge is 0.186 e. The SMILES string of the molecule is CCC(CC)N(CCOC)c1nc(C)c(C(C)O)s1. The van der Waals surface area contributed by atoms with E-state index in [4.69, 9.17) is 4.74 Å². The molecule has 1 unspecified atom stereocenters. The van der Waals surface area contributed by atoms with E-state index in [0.29, 0.717) is 12.6 Å². The molecule has 0 aliphatic rings. The van der Waals surface area contributed by atoms with Crippen LogP contribution in [0, 0.1) is 6.92 Å². The Hall–Kier alpha value is -0.650. The topological polar surface area (TPSA) is 45.6 Å². The van der Waals surface area contributed by atoms with Crippen LogP contribution < -0.4 is 4.90 Å². The molecular formula is C14H26N2O2S. The van der Waals surface area contributed by atoms with Gasteiger partial charge in [0.2, 0.25) is 0 Å². The first kappa shape index (κ1) is 16.4. The fraction of sp³-hybridized carbons (Fsp3) is 0.786. The maximum Gasteiger partial charge on any atom is 0.186 e. The Labute approximate surface area is 120 Å². The number of aliphatic hydroxyl groups excluding tert-OH is 1. The standard InChI is InChI=1S/C14H26N2O2S/c1-6-12(7-2)16(8-9-18-5)14-15-10(3)13(19-14)11(4)17/h11-12,17H,6-9H2,1-5H3. The van der Waals surface area contributed by atoms with E-state index in [1.165, 1.54) is 0 Å². The van der Waals surface area contributed by atoms with Crippen LogP contribution in [-0.2, 0) is 4.74 Å². The van der Waals surface area contributed by atoms with Crippen LogP contribution >= 0.6 is 11.3 Å². The number of nitrogens with zero attached hydrogens (tertiary/aromatic N) is 2. The second kappa shape index (κ2) is 7.82. The first-order valence-electron chi connectivity index (χ1n) is 6.96. The summed E-state index contributed by atoms with van der Waals surface area (Å²) in [5, 5.41) is 10.8. The fourth-order valence-electron chi connectivity index (χ4n) is 2.26. The predicted molar refractivity (Wildman–Crippen MR) is 81.1 cm³/mol. The number of aryl methyl sites for hydroxylation is 1. The van der Waals surface area contributed by atoms with Gasteiger partial charge in [0.15, 0.2) is 5.13 Å². The monoisotopic (exact) mass is 286 g/mol. The molecule has 19 heavy (non-hydrogen) atoms. The molecule has 0 aromatic carbocycles. The lowest BCUT2D eigenvalue weighted by atomic mass is 10.1. The van der Waals surface area contributed by atoms with Crippen LogP contribution in [0.25, 0.3) is 0 Å². The van der Waals surface area contributed by atoms with Crippen molar-refractivity contribution in [2.45, 2.75) is 52.7 Å². The summed E-state index contributed by atoms with van der Waals surface area (Å²) < 4.78 is 5.20. The molecule has 0 aliphatic heterocycles. The molecule has 0 bridgehead atoms. The summed E-state index contributed by atoms with van der Waals surface area (Å²) >= 11 is 1.59. The van der Waals surface area contributed by atoms with Crippen LogP contribution in [0.5, 0.6) is 0 Å². The molecule has 110 valence electrons. The molecule has 1 aromatic heterocycles. The first-order chi connectivity index (χ1) is 9.04. The average Bonchev–Trinajstić information content (AvgIpc) is 2.76. The van der Waals surface area contributed by atoms with E-state index in [9.17, 15) is 5.11 Å². The van der Waals surface area contributed by atoms with E-state index in [0.717, 1.165) is 35.1 Å². The second-order valence-corrected chi connectivity index (χ2v) is 5.79. The lowest BCUT2D eigenvalue weighted by molar-refractivity contribution is 0.202. The molecule has 0 amide bonds. The van der Waals surface area contributed by atoms with Crippen LogP contribution in [0.4, 0.5) is 5.13 Å². The molecular weight excluding hydrogens is 260 g/mol. The molecule has 1 heterocycles. The molecule has 0 radical (unpaired) electrons. The Morgan fingerprint density at radius 1 is 1.37 bits per heavy atom. The van der Waals surface area contributed by atoms with Gasteiger partial charge in [-0.25, -0.2) is 4.98 Å². The van der Waals surface area contributed by atoms with Crippen molar-refractivity contribution in [3.8, 4) is 0 Å². The average molecular weight is 286 g/mol. The number of thiazole rings is 1. The number of ether oxygens (including phenoxy) is 1. The van der Waals surface area contributed by atoms with Crippen LogP contribution in [0.1, 0.15) is 50.3 Å². The molecule has 1 N–H and O–H groups in total. The highest BCUT2D eigenvalue weighted by molar-refractivity contribution is 7.15. The highest BCUT2D eigenvalue weighted by atomic mass is 32.1. The summed E-state index contributed by atoms with van der Waals surface area (Å²) in [6, 6.07) is 0.475. The molecule has 5 heteroatoms. The molecule has 0 fully saturated rings. The van der Waals surface area contributed by atoms with E-state index in [2.05, 4.69) is 23.7 Å². The molecule has 1 rings (SSSR count). The molecule has 0 saturated carbocycles. The third-order valence-corrected chi connectivity index (χ3v) is 4.73. The van der Waals surface area contributed by atoms with Crippen LogP contribution in [0.2, 0.25) is 0 Å². The van der Waals surface area contributed by atoms with Gasteiger partial charge in [0.1, 0.15) is 0 Å². The predicted octanol–water partition coefficient (Wildman–Crippen LogP) is 3.15. The number of aromatic nitrogens is 1. The van der Waals surface area contributed by atoms with Gasteiger partial charge in [-0.15, -0.1) is 0 Å². The van der Waals surface area contributed by atoms with E-state index < -0.39 is 6.10 Å². The van der Waals surface area contributed by atoms with Gasteiger partial charge in [-0.3, -0.25) is 0 Å². The van der Waals surface area contributed by atoms with Crippen molar-refractivity contribution in [1.29, 1.82) is 0 Å². The van der Waals surface area contributed by atoms with Gasteiger partial charge in [-0.1, -0.05) is 25.2 Å². The van der Waals surface area contributed by atoms with Gasteiger partial charge in [0.05, 0.1) is 23.3 Å². The normalized spacial score (nSPS) is 13.0. The molecule has 1 atom stereocenters. The summed E-state index contributed by atoms with van der Waals surface area (Å²) in [6.45, 7) is 9.69. The Bertz CT molecular complexity index is 376.